The van der Waals surface area contributed by atoms with Gasteiger partial charge in [-0.05, 0) is 31.1 Å². The third-order valence-corrected chi connectivity index (χ3v) is 10.5. The van der Waals surface area contributed by atoms with Gasteiger partial charge in [0, 0.05) is 19.3 Å². The molecule has 0 fully saturated rings. The molecule has 0 heterocycles. The van der Waals surface area contributed by atoms with Crippen molar-refractivity contribution in [3.8, 4) is 0 Å². The molecule has 1 atom stereocenters. The quantitative estimate of drug-likeness (QED) is 0.0352. The number of hydrogen-bond acceptors (Lipinski definition) is 6. The first-order valence-electron chi connectivity index (χ1n) is 23.2. The van der Waals surface area contributed by atoms with E-state index in [1.54, 1.807) is 0 Å². The van der Waals surface area contributed by atoms with Gasteiger partial charge in [-0.1, -0.05) is 214 Å². The van der Waals surface area contributed by atoms with Crippen LogP contribution in [0.4, 0.5) is 0 Å². The Morgan fingerprint density at radius 3 is 0.925 bits per heavy atom. The highest BCUT2D eigenvalue weighted by molar-refractivity contribution is 5.71. The third kappa shape index (κ3) is 41.4. The SMILES string of the molecule is CCCCCCCCCC(=O)O[C@@H](COC(=O)CCCCCCCCCCCCCCCC(C)C)COC(=O)CCCCCCCCCCCC(C)C. The van der Waals surface area contributed by atoms with Gasteiger partial charge in [0.25, 0.3) is 0 Å². The summed E-state index contributed by atoms with van der Waals surface area (Å²) in [5.41, 5.74) is 0. The topological polar surface area (TPSA) is 78.9 Å². The van der Waals surface area contributed by atoms with Crippen molar-refractivity contribution in [3.05, 3.63) is 0 Å². The average molecular weight is 751 g/mol. The number of esters is 3. The maximum atomic E-state index is 12.6. The fraction of sp³-hybridized carbons (Fsp3) is 0.936. The lowest BCUT2D eigenvalue weighted by Gasteiger charge is -2.18. The molecule has 0 amide bonds. The van der Waals surface area contributed by atoms with Gasteiger partial charge in [0.15, 0.2) is 6.10 Å². The van der Waals surface area contributed by atoms with Gasteiger partial charge in [0.1, 0.15) is 13.2 Å². The molecular weight excluding hydrogens is 661 g/mol. The highest BCUT2D eigenvalue weighted by Crippen LogP contribution is 2.16. The fourth-order valence-corrected chi connectivity index (χ4v) is 6.93. The zero-order valence-electron chi connectivity index (χ0n) is 36.1. The van der Waals surface area contributed by atoms with E-state index in [0.29, 0.717) is 19.3 Å². The molecule has 6 nitrogen and oxygen atoms in total. The van der Waals surface area contributed by atoms with Crippen LogP contribution in [0.15, 0.2) is 0 Å². The van der Waals surface area contributed by atoms with Crippen molar-refractivity contribution >= 4 is 17.9 Å². The Kier molecular flexibility index (Phi) is 38.9. The van der Waals surface area contributed by atoms with E-state index in [4.69, 9.17) is 14.2 Å². The van der Waals surface area contributed by atoms with Crippen LogP contribution < -0.4 is 0 Å². The van der Waals surface area contributed by atoms with Gasteiger partial charge >= 0.3 is 17.9 Å². The molecule has 6 heteroatoms. The standard InChI is InChI=1S/C47H90O6/c1-6-7-8-9-20-29-34-39-47(50)53-44(41-52-46(49)38-33-28-24-19-15-17-22-26-31-36-43(4)5)40-51-45(48)37-32-27-23-18-14-12-10-11-13-16-21-25-30-35-42(2)3/h42-44H,6-41H2,1-5H3/t44-/m0/s1. The Hall–Kier alpha value is -1.59. The average Bonchev–Trinajstić information content (AvgIpc) is 3.12. The smallest absolute Gasteiger partial charge is 0.306 e. The maximum absolute atomic E-state index is 12.6. The van der Waals surface area contributed by atoms with Crippen LogP contribution in [-0.4, -0.2) is 37.2 Å². The summed E-state index contributed by atoms with van der Waals surface area (Å²) in [5.74, 6) is 0.785. The van der Waals surface area contributed by atoms with Crippen LogP contribution in [0, 0.1) is 11.8 Å². The summed E-state index contributed by atoms with van der Waals surface area (Å²) in [4.78, 5) is 37.6. The van der Waals surface area contributed by atoms with Crippen LogP contribution in [0.2, 0.25) is 0 Å². The van der Waals surface area contributed by atoms with Crippen LogP contribution in [0.1, 0.15) is 253 Å². The molecule has 0 aromatic rings. The Balaban J connectivity index is 4.21. The number of carbonyl (C=O) groups is 3. The fourth-order valence-electron chi connectivity index (χ4n) is 6.93. The first kappa shape index (κ1) is 51.4. The number of rotatable bonds is 41. The second-order valence-corrected chi connectivity index (χ2v) is 17.0. The largest absolute Gasteiger partial charge is 0.462 e. The minimum Gasteiger partial charge on any atom is -0.462 e. The Morgan fingerprint density at radius 2 is 0.623 bits per heavy atom. The number of unbranched alkanes of at least 4 members (excludes halogenated alkanes) is 26. The molecule has 0 spiro atoms. The summed E-state index contributed by atoms with van der Waals surface area (Å²) < 4.78 is 16.7. The highest BCUT2D eigenvalue weighted by atomic mass is 16.6. The number of hydrogen-bond donors (Lipinski definition) is 0. The number of carbonyl (C=O) groups excluding carboxylic acids is 3. The Bertz CT molecular complexity index is 809. The van der Waals surface area contributed by atoms with Gasteiger partial charge in [-0.15, -0.1) is 0 Å². The van der Waals surface area contributed by atoms with E-state index in [9.17, 15) is 14.4 Å². The first-order chi connectivity index (χ1) is 25.7. The molecular formula is C47H90O6. The minimum absolute atomic E-state index is 0.0652. The predicted molar refractivity (Wildman–Crippen MR) is 224 cm³/mol. The van der Waals surface area contributed by atoms with Crippen LogP contribution in [0.5, 0.6) is 0 Å². The molecule has 0 N–H and O–H groups in total. The summed E-state index contributed by atoms with van der Waals surface area (Å²) in [6.45, 7) is 11.3. The lowest BCUT2D eigenvalue weighted by molar-refractivity contribution is -0.167. The summed E-state index contributed by atoms with van der Waals surface area (Å²) in [6, 6.07) is 0. The van der Waals surface area contributed by atoms with E-state index < -0.39 is 6.10 Å². The summed E-state index contributed by atoms with van der Waals surface area (Å²) >= 11 is 0. The molecule has 0 bridgehead atoms. The molecule has 0 aromatic heterocycles. The maximum Gasteiger partial charge on any atom is 0.306 e. The molecule has 0 unspecified atom stereocenters. The van der Waals surface area contributed by atoms with Crippen molar-refractivity contribution < 1.29 is 28.6 Å². The zero-order valence-corrected chi connectivity index (χ0v) is 36.1. The summed E-state index contributed by atoms with van der Waals surface area (Å²) in [5, 5.41) is 0. The summed E-state index contributed by atoms with van der Waals surface area (Å²) in [7, 11) is 0. The first-order valence-corrected chi connectivity index (χ1v) is 23.2. The second kappa shape index (κ2) is 40.1. The van der Waals surface area contributed by atoms with Gasteiger partial charge in [-0.25, -0.2) is 0 Å². The van der Waals surface area contributed by atoms with E-state index in [0.717, 1.165) is 69.6 Å². The van der Waals surface area contributed by atoms with Crippen molar-refractivity contribution in [2.75, 3.05) is 13.2 Å². The van der Waals surface area contributed by atoms with Crippen molar-refractivity contribution in [1.82, 2.24) is 0 Å². The van der Waals surface area contributed by atoms with E-state index >= 15 is 0 Å². The van der Waals surface area contributed by atoms with Gasteiger partial charge in [-0.2, -0.15) is 0 Å². The normalized spacial score (nSPS) is 12.1. The van der Waals surface area contributed by atoms with Crippen LogP contribution in [0.25, 0.3) is 0 Å². The Labute approximate surface area is 329 Å². The summed E-state index contributed by atoms with van der Waals surface area (Å²) in [6.07, 6.45) is 38.2. The third-order valence-electron chi connectivity index (χ3n) is 10.5. The van der Waals surface area contributed by atoms with Crippen LogP contribution >= 0.6 is 0 Å². The molecule has 0 aromatic carbocycles. The molecule has 0 rings (SSSR count). The van der Waals surface area contributed by atoms with Gasteiger partial charge in [-0.3, -0.25) is 14.4 Å². The molecule has 0 aliphatic rings. The molecule has 0 aliphatic carbocycles. The molecule has 0 saturated carbocycles. The minimum atomic E-state index is -0.759. The molecule has 314 valence electrons. The highest BCUT2D eigenvalue weighted by Gasteiger charge is 2.19. The van der Waals surface area contributed by atoms with Crippen molar-refractivity contribution in [3.63, 3.8) is 0 Å². The zero-order chi connectivity index (χ0) is 39.0. The molecule has 0 aliphatic heterocycles. The van der Waals surface area contributed by atoms with Crippen LogP contribution in [0.3, 0.4) is 0 Å². The second-order valence-electron chi connectivity index (χ2n) is 17.0. The van der Waals surface area contributed by atoms with Gasteiger partial charge in [0.2, 0.25) is 0 Å². The molecule has 0 radical (unpaired) electrons. The number of ether oxygens (including phenoxy) is 3. The van der Waals surface area contributed by atoms with E-state index in [2.05, 4.69) is 34.6 Å². The Morgan fingerprint density at radius 1 is 0.358 bits per heavy atom. The van der Waals surface area contributed by atoms with E-state index in [1.165, 1.54) is 141 Å². The lowest BCUT2D eigenvalue weighted by atomic mass is 10.0. The monoisotopic (exact) mass is 751 g/mol. The molecule has 53 heavy (non-hydrogen) atoms. The predicted octanol–water partition coefficient (Wildman–Crippen LogP) is 14.6. The van der Waals surface area contributed by atoms with Crippen molar-refractivity contribution in [1.29, 1.82) is 0 Å². The van der Waals surface area contributed by atoms with Gasteiger partial charge < -0.3 is 14.2 Å². The van der Waals surface area contributed by atoms with Crippen LogP contribution in [-0.2, 0) is 28.6 Å². The van der Waals surface area contributed by atoms with Gasteiger partial charge in [0.05, 0.1) is 0 Å². The van der Waals surface area contributed by atoms with E-state index in [1.807, 2.05) is 0 Å². The van der Waals surface area contributed by atoms with E-state index in [-0.39, 0.29) is 31.1 Å². The molecule has 0 saturated heterocycles. The lowest BCUT2D eigenvalue weighted by Crippen LogP contribution is -2.30. The van der Waals surface area contributed by atoms with Crippen molar-refractivity contribution in [2.45, 2.75) is 259 Å². The van der Waals surface area contributed by atoms with Crippen molar-refractivity contribution in [2.24, 2.45) is 11.8 Å².